The number of aryl methyl sites for hydroxylation is 1. The fourth-order valence-corrected chi connectivity index (χ4v) is 4.89. The van der Waals surface area contributed by atoms with Crippen molar-refractivity contribution in [3.8, 4) is 0 Å². The van der Waals surface area contributed by atoms with Gasteiger partial charge in [0.25, 0.3) is 10.0 Å². The van der Waals surface area contributed by atoms with Gasteiger partial charge in [-0.05, 0) is 36.2 Å². The summed E-state index contributed by atoms with van der Waals surface area (Å²) in [6.07, 6.45) is 0.495. The molecule has 1 unspecified atom stereocenters. The minimum absolute atomic E-state index is 0.161. The van der Waals surface area contributed by atoms with E-state index in [9.17, 15) is 13.2 Å². The third-order valence-corrected chi connectivity index (χ3v) is 6.70. The van der Waals surface area contributed by atoms with Crippen LogP contribution >= 0.6 is 0 Å². The molecule has 1 heterocycles. The zero-order valence-corrected chi connectivity index (χ0v) is 18.1. The Bertz CT molecular complexity index is 1250. The molecule has 158 valence electrons. The minimum atomic E-state index is -3.75. The summed E-state index contributed by atoms with van der Waals surface area (Å²) in [7, 11) is -3.75. The van der Waals surface area contributed by atoms with Crippen LogP contribution in [0.15, 0.2) is 88.9 Å². The molecular formula is C24H23N3O3S. The number of hydrogen-bond donors (Lipinski definition) is 1. The summed E-state index contributed by atoms with van der Waals surface area (Å²) in [6.45, 7) is 3.50. The van der Waals surface area contributed by atoms with Gasteiger partial charge in [0.15, 0.2) is 0 Å². The highest BCUT2D eigenvalue weighted by Crippen LogP contribution is 2.36. The van der Waals surface area contributed by atoms with Gasteiger partial charge in [0.1, 0.15) is 0 Å². The molecule has 1 aliphatic rings. The van der Waals surface area contributed by atoms with Gasteiger partial charge < -0.3 is 0 Å². The van der Waals surface area contributed by atoms with Crippen molar-refractivity contribution < 1.29 is 13.2 Å². The Morgan fingerprint density at radius 2 is 1.61 bits per heavy atom. The van der Waals surface area contributed by atoms with E-state index in [0.717, 1.165) is 11.1 Å². The van der Waals surface area contributed by atoms with E-state index in [2.05, 4.69) is 9.82 Å². The second kappa shape index (κ2) is 8.35. The van der Waals surface area contributed by atoms with Crippen molar-refractivity contribution in [3.63, 3.8) is 0 Å². The van der Waals surface area contributed by atoms with Crippen molar-refractivity contribution in [2.75, 3.05) is 4.72 Å². The minimum Gasteiger partial charge on any atom is -0.279 e. The SMILES string of the molecule is CC(=O)N1N=C(c2ccccc2NS(=O)(=O)c2ccccc2)CC1c1ccccc1C. The predicted octanol–water partition coefficient (Wildman–Crippen LogP) is 4.49. The van der Waals surface area contributed by atoms with E-state index in [4.69, 9.17) is 0 Å². The highest BCUT2D eigenvalue weighted by Gasteiger charge is 2.33. The van der Waals surface area contributed by atoms with Crippen LogP contribution in [-0.2, 0) is 14.8 Å². The van der Waals surface area contributed by atoms with Gasteiger partial charge in [-0.15, -0.1) is 0 Å². The fourth-order valence-electron chi connectivity index (χ4n) is 3.79. The quantitative estimate of drug-likeness (QED) is 0.644. The van der Waals surface area contributed by atoms with Crippen LogP contribution < -0.4 is 4.72 Å². The summed E-state index contributed by atoms with van der Waals surface area (Å²) in [5, 5.41) is 6.07. The fraction of sp³-hybridized carbons (Fsp3) is 0.167. The van der Waals surface area contributed by atoms with Gasteiger partial charge in [0.05, 0.1) is 22.3 Å². The average Bonchev–Trinajstić information content (AvgIpc) is 3.20. The van der Waals surface area contributed by atoms with Crippen LogP contribution in [0, 0.1) is 6.92 Å². The maximum atomic E-state index is 12.9. The zero-order chi connectivity index (χ0) is 22.0. The number of anilines is 1. The second-order valence-electron chi connectivity index (χ2n) is 7.45. The topological polar surface area (TPSA) is 78.8 Å². The zero-order valence-electron chi connectivity index (χ0n) is 17.3. The van der Waals surface area contributed by atoms with Crippen LogP contribution in [0.5, 0.6) is 0 Å². The summed E-state index contributed by atoms with van der Waals surface area (Å²) < 4.78 is 28.4. The summed E-state index contributed by atoms with van der Waals surface area (Å²) >= 11 is 0. The molecule has 6 nitrogen and oxygen atoms in total. The molecule has 0 saturated carbocycles. The number of benzene rings is 3. The first-order valence-corrected chi connectivity index (χ1v) is 11.5. The number of amides is 1. The van der Waals surface area contributed by atoms with E-state index in [0.29, 0.717) is 23.4 Å². The molecule has 4 rings (SSSR count). The number of carbonyl (C=O) groups is 1. The average molecular weight is 434 g/mol. The van der Waals surface area contributed by atoms with Crippen LogP contribution in [0.3, 0.4) is 0 Å². The van der Waals surface area contributed by atoms with E-state index in [1.165, 1.54) is 11.9 Å². The number of para-hydroxylation sites is 1. The second-order valence-corrected chi connectivity index (χ2v) is 9.13. The van der Waals surface area contributed by atoms with Gasteiger partial charge in [0, 0.05) is 18.9 Å². The summed E-state index contributed by atoms with van der Waals surface area (Å²) in [5.41, 5.74) is 3.85. The highest BCUT2D eigenvalue weighted by atomic mass is 32.2. The van der Waals surface area contributed by atoms with E-state index >= 15 is 0 Å². The summed E-state index contributed by atoms with van der Waals surface area (Å²) in [5.74, 6) is -0.161. The Morgan fingerprint density at radius 1 is 0.968 bits per heavy atom. The molecule has 1 amide bonds. The number of hydrazone groups is 1. The van der Waals surface area contributed by atoms with Crippen LogP contribution in [0.25, 0.3) is 0 Å². The number of carbonyl (C=O) groups excluding carboxylic acids is 1. The molecule has 0 spiro atoms. The Morgan fingerprint density at radius 3 is 2.32 bits per heavy atom. The van der Waals surface area contributed by atoms with E-state index in [-0.39, 0.29) is 16.8 Å². The standard InChI is InChI=1S/C24H23N3O3S/c1-17-10-6-7-13-20(17)24-16-23(25-27(24)18(2)28)21-14-8-9-15-22(21)26-31(29,30)19-11-4-3-5-12-19/h3-15,24,26H,16H2,1-2H3. The lowest BCUT2D eigenvalue weighted by molar-refractivity contribution is -0.130. The molecule has 1 atom stereocenters. The Labute approximate surface area is 182 Å². The lowest BCUT2D eigenvalue weighted by atomic mass is 9.95. The third kappa shape index (κ3) is 4.22. The smallest absolute Gasteiger partial charge is 0.261 e. The normalized spacial score (nSPS) is 16.1. The largest absolute Gasteiger partial charge is 0.279 e. The highest BCUT2D eigenvalue weighted by molar-refractivity contribution is 7.92. The number of nitrogens with zero attached hydrogens (tertiary/aromatic N) is 2. The molecular weight excluding hydrogens is 410 g/mol. The first-order chi connectivity index (χ1) is 14.9. The number of hydrogen-bond acceptors (Lipinski definition) is 4. The van der Waals surface area contributed by atoms with Crippen molar-refractivity contribution >= 4 is 27.3 Å². The van der Waals surface area contributed by atoms with Gasteiger partial charge in [0.2, 0.25) is 5.91 Å². The summed E-state index contributed by atoms with van der Waals surface area (Å²) in [4.78, 5) is 12.5. The van der Waals surface area contributed by atoms with Gasteiger partial charge in [-0.3, -0.25) is 9.52 Å². The van der Waals surface area contributed by atoms with E-state index < -0.39 is 10.0 Å². The van der Waals surface area contributed by atoms with Gasteiger partial charge in [-0.25, -0.2) is 13.4 Å². The molecule has 0 bridgehead atoms. The molecule has 1 N–H and O–H groups in total. The van der Waals surface area contributed by atoms with Crippen LogP contribution in [0.2, 0.25) is 0 Å². The lowest BCUT2D eigenvalue weighted by Crippen LogP contribution is -2.24. The summed E-state index contributed by atoms with van der Waals surface area (Å²) in [6, 6.07) is 23.0. The molecule has 0 saturated heterocycles. The van der Waals surface area contributed by atoms with E-state index in [1.807, 2.05) is 43.3 Å². The number of nitrogens with one attached hydrogen (secondary N) is 1. The molecule has 7 heteroatoms. The third-order valence-electron chi connectivity index (χ3n) is 5.32. The van der Waals surface area contributed by atoms with Crippen molar-refractivity contribution in [3.05, 3.63) is 95.6 Å². The maximum absolute atomic E-state index is 12.9. The van der Waals surface area contributed by atoms with Gasteiger partial charge in [-0.1, -0.05) is 60.7 Å². The predicted molar refractivity (Wildman–Crippen MR) is 121 cm³/mol. The molecule has 0 aliphatic carbocycles. The van der Waals surface area contributed by atoms with Gasteiger partial charge in [-0.2, -0.15) is 5.10 Å². The van der Waals surface area contributed by atoms with Crippen molar-refractivity contribution in [1.29, 1.82) is 0 Å². The lowest BCUT2D eigenvalue weighted by Gasteiger charge is -2.22. The van der Waals surface area contributed by atoms with Crippen LogP contribution in [0.1, 0.15) is 36.1 Å². The molecule has 1 aliphatic heterocycles. The maximum Gasteiger partial charge on any atom is 0.261 e. The molecule has 0 aromatic heterocycles. The van der Waals surface area contributed by atoms with Crippen LogP contribution in [-0.4, -0.2) is 25.0 Å². The molecule has 0 radical (unpaired) electrons. The Hall–Kier alpha value is -3.45. The van der Waals surface area contributed by atoms with Crippen molar-refractivity contribution in [2.24, 2.45) is 5.10 Å². The first kappa shape index (κ1) is 20.8. The van der Waals surface area contributed by atoms with Gasteiger partial charge >= 0.3 is 0 Å². The molecule has 0 fully saturated rings. The van der Waals surface area contributed by atoms with Crippen LogP contribution in [0.4, 0.5) is 5.69 Å². The number of rotatable bonds is 5. The Balaban J connectivity index is 1.70. The monoisotopic (exact) mass is 433 g/mol. The molecule has 3 aromatic rings. The van der Waals surface area contributed by atoms with Crippen molar-refractivity contribution in [2.45, 2.75) is 31.2 Å². The number of sulfonamides is 1. The molecule has 3 aromatic carbocycles. The van der Waals surface area contributed by atoms with Crippen molar-refractivity contribution in [1.82, 2.24) is 5.01 Å². The molecule has 31 heavy (non-hydrogen) atoms. The Kier molecular flexibility index (Phi) is 5.61. The first-order valence-electron chi connectivity index (χ1n) is 9.97. The van der Waals surface area contributed by atoms with E-state index in [1.54, 1.807) is 42.5 Å².